The van der Waals surface area contributed by atoms with Crippen LogP contribution in [0.2, 0.25) is 0 Å². The van der Waals surface area contributed by atoms with E-state index in [1.54, 1.807) is 18.2 Å². The summed E-state index contributed by atoms with van der Waals surface area (Å²) in [6.45, 7) is 0.279. The van der Waals surface area contributed by atoms with Crippen molar-refractivity contribution in [1.82, 2.24) is 4.31 Å². The van der Waals surface area contributed by atoms with Gasteiger partial charge in [0.1, 0.15) is 0 Å². The lowest BCUT2D eigenvalue weighted by Crippen LogP contribution is -2.31. The second-order valence-electron chi connectivity index (χ2n) is 5.61. The third-order valence-electron chi connectivity index (χ3n) is 4.07. The highest BCUT2D eigenvalue weighted by Gasteiger charge is 2.36. The first-order valence-electron chi connectivity index (χ1n) is 6.96. The van der Waals surface area contributed by atoms with Crippen LogP contribution in [0.1, 0.15) is 6.42 Å². The van der Waals surface area contributed by atoms with Gasteiger partial charge in [0.05, 0.1) is 10.1 Å². The molecule has 2 aromatic rings. The van der Waals surface area contributed by atoms with Crippen molar-refractivity contribution < 1.29 is 16.8 Å². The average Bonchev–Trinajstić information content (AvgIpc) is 2.97. The minimum absolute atomic E-state index is 0.0357. The molecule has 0 amide bonds. The lowest BCUT2D eigenvalue weighted by atomic mass is 10.1. The Morgan fingerprint density at radius 3 is 2.32 bits per heavy atom. The Kier molecular flexibility index (Phi) is 3.74. The Bertz CT molecular complexity index is 919. The summed E-state index contributed by atoms with van der Waals surface area (Å²) in [5.41, 5.74) is 0. The van der Waals surface area contributed by atoms with Crippen LogP contribution >= 0.6 is 0 Å². The summed E-state index contributed by atoms with van der Waals surface area (Å²) < 4.78 is 49.8. The fourth-order valence-corrected chi connectivity index (χ4v) is 5.36. The Morgan fingerprint density at radius 1 is 1.00 bits per heavy atom. The molecule has 1 aliphatic rings. The van der Waals surface area contributed by atoms with Crippen LogP contribution < -0.4 is 0 Å². The summed E-state index contributed by atoms with van der Waals surface area (Å²) in [5.74, 6) is 0. The molecule has 22 heavy (non-hydrogen) atoms. The molecule has 0 N–H and O–H groups in total. The summed E-state index contributed by atoms with van der Waals surface area (Å²) in [4.78, 5) is 0.209. The maximum atomic E-state index is 12.7. The van der Waals surface area contributed by atoms with Gasteiger partial charge in [-0.25, -0.2) is 16.8 Å². The molecule has 0 bridgehead atoms. The van der Waals surface area contributed by atoms with Crippen LogP contribution in [0.3, 0.4) is 0 Å². The van der Waals surface area contributed by atoms with E-state index in [9.17, 15) is 16.8 Å². The zero-order chi connectivity index (χ0) is 16.0. The van der Waals surface area contributed by atoms with Crippen molar-refractivity contribution in [2.45, 2.75) is 16.6 Å². The lowest BCUT2D eigenvalue weighted by molar-refractivity contribution is 0.477. The quantitative estimate of drug-likeness (QED) is 0.852. The van der Waals surface area contributed by atoms with Gasteiger partial charge in [0, 0.05) is 19.3 Å². The second-order valence-corrected chi connectivity index (χ2v) is 9.88. The third-order valence-corrected chi connectivity index (χ3v) is 7.53. The summed E-state index contributed by atoms with van der Waals surface area (Å²) in [6.07, 6.45) is 1.51. The van der Waals surface area contributed by atoms with Crippen molar-refractivity contribution in [3.8, 4) is 0 Å². The molecule has 0 aliphatic carbocycles. The van der Waals surface area contributed by atoms with Gasteiger partial charge in [-0.1, -0.05) is 30.3 Å². The van der Waals surface area contributed by atoms with E-state index in [4.69, 9.17) is 0 Å². The van der Waals surface area contributed by atoms with Crippen LogP contribution in [0.4, 0.5) is 0 Å². The van der Waals surface area contributed by atoms with Gasteiger partial charge in [0.15, 0.2) is 9.84 Å². The number of benzene rings is 2. The zero-order valence-electron chi connectivity index (χ0n) is 12.1. The molecule has 0 radical (unpaired) electrons. The third kappa shape index (κ3) is 2.76. The average molecular weight is 339 g/mol. The fraction of sp³-hybridized carbons (Fsp3) is 0.333. The number of fused-ring (bicyclic) bond motifs is 1. The molecule has 1 unspecified atom stereocenters. The fourth-order valence-electron chi connectivity index (χ4n) is 2.74. The van der Waals surface area contributed by atoms with E-state index in [-0.39, 0.29) is 18.0 Å². The Hall–Kier alpha value is -1.44. The van der Waals surface area contributed by atoms with Crippen molar-refractivity contribution in [3.05, 3.63) is 42.5 Å². The van der Waals surface area contributed by atoms with Crippen molar-refractivity contribution in [2.24, 2.45) is 0 Å². The first-order valence-corrected chi connectivity index (χ1v) is 10.4. The second kappa shape index (κ2) is 5.33. The van der Waals surface area contributed by atoms with Crippen molar-refractivity contribution in [1.29, 1.82) is 0 Å². The van der Waals surface area contributed by atoms with E-state index in [1.165, 1.54) is 4.31 Å². The largest absolute Gasteiger partial charge is 0.243 e. The van der Waals surface area contributed by atoms with Gasteiger partial charge < -0.3 is 0 Å². The molecule has 118 valence electrons. The lowest BCUT2D eigenvalue weighted by Gasteiger charge is -2.16. The molecular weight excluding hydrogens is 322 g/mol. The Morgan fingerprint density at radius 2 is 1.68 bits per heavy atom. The smallest absolute Gasteiger partial charge is 0.229 e. The Balaban J connectivity index is 1.95. The van der Waals surface area contributed by atoms with Crippen LogP contribution in [0.5, 0.6) is 0 Å². The number of rotatable bonds is 3. The highest BCUT2D eigenvalue weighted by molar-refractivity contribution is 7.91. The molecule has 0 saturated carbocycles. The summed E-state index contributed by atoms with van der Waals surface area (Å²) in [6, 6.07) is 12.5. The van der Waals surface area contributed by atoms with Crippen LogP contribution in [0.15, 0.2) is 47.4 Å². The SMILES string of the molecule is CS(=O)(=O)C1CCN(S(=O)(=O)c2ccc3ccccc3c2)C1. The van der Waals surface area contributed by atoms with Gasteiger partial charge in [-0.15, -0.1) is 0 Å². The van der Waals surface area contributed by atoms with Gasteiger partial charge in [-0.3, -0.25) is 0 Å². The first kappa shape index (κ1) is 15.5. The monoisotopic (exact) mass is 339 g/mol. The van der Waals surface area contributed by atoms with Crippen LogP contribution in [-0.4, -0.2) is 45.7 Å². The minimum Gasteiger partial charge on any atom is -0.229 e. The van der Waals surface area contributed by atoms with E-state index >= 15 is 0 Å². The molecule has 5 nitrogen and oxygen atoms in total. The molecule has 1 heterocycles. The van der Waals surface area contributed by atoms with E-state index in [0.29, 0.717) is 6.42 Å². The van der Waals surface area contributed by atoms with E-state index < -0.39 is 25.1 Å². The van der Waals surface area contributed by atoms with Crippen molar-refractivity contribution >= 4 is 30.6 Å². The van der Waals surface area contributed by atoms with Gasteiger partial charge in [-0.05, 0) is 29.3 Å². The summed E-state index contributed by atoms with van der Waals surface area (Å²) in [5, 5.41) is 1.21. The molecule has 7 heteroatoms. The first-order chi connectivity index (χ1) is 10.3. The maximum Gasteiger partial charge on any atom is 0.243 e. The predicted octanol–water partition coefficient (Wildman–Crippen LogP) is 1.65. The van der Waals surface area contributed by atoms with Crippen molar-refractivity contribution in [2.75, 3.05) is 19.3 Å². The zero-order valence-corrected chi connectivity index (χ0v) is 13.8. The Labute approximate surface area is 130 Å². The van der Waals surface area contributed by atoms with Crippen LogP contribution in [0.25, 0.3) is 10.8 Å². The number of sulfonamides is 1. The molecule has 0 aromatic heterocycles. The molecule has 3 rings (SSSR count). The van der Waals surface area contributed by atoms with Crippen LogP contribution in [-0.2, 0) is 19.9 Å². The molecular formula is C15H17NO4S2. The topological polar surface area (TPSA) is 71.5 Å². The van der Waals surface area contributed by atoms with Crippen molar-refractivity contribution in [3.63, 3.8) is 0 Å². The van der Waals surface area contributed by atoms with E-state index in [0.717, 1.165) is 17.0 Å². The molecule has 1 saturated heterocycles. The normalized spacial score (nSPS) is 20.5. The highest BCUT2D eigenvalue weighted by Crippen LogP contribution is 2.26. The molecule has 1 aliphatic heterocycles. The van der Waals surface area contributed by atoms with Gasteiger partial charge in [-0.2, -0.15) is 4.31 Å². The molecule has 2 aromatic carbocycles. The predicted molar refractivity (Wildman–Crippen MR) is 86.0 cm³/mol. The maximum absolute atomic E-state index is 12.7. The standard InChI is InChI=1S/C15H17NO4S2/c1-21(17,18)15-8-9-16(11-15)22(19,20)14-7-6-12-4-2-3-5-13(12)10-14/h2-7,10,15H,8-9,11H2,1H3. The van der Waals surface area contributed by atoms with Gasteiger partial charge in [0.2, 0.25) is 10.0 Å². The minimum atomic E-state index is -3.65. The number of nitrogens with zero attached hydrogens (tertiary/aromatic N) is 1. The van der Waals surface area contributed by atoms with Gasteiger partial charge in [0.25, 0.3) is 0 Å². The van der Waals surface area contributed by atoms with E-state index in [1.807, 2.05) is 24.3 Å². The summed E-state index contributed by atoms with van der Waals surface area (Å²) in [7, 11) is -6.87. The molecule has 0 spiro atoms. The number of hydrogen-bond donors (Lipinski definition) is 0. The number of sulfone groups is 1. The van der Waals surface area contributed by atoms with Crippen LogP contribution in [0, 0.1) is 0 Å². The molecule has 1 atom stereocenters. The number of hydrogen-bond acceptors (Lipinski definition) is 4. The van der Waals surface area contributed by atoms with Gasteiger partial charge >= 0.3 is 0 Å². The highest BCUT2D eigenvalue weighted by atomic mass is 32.2. The van der Waals surface area contributed by atoms with E-state index in [2.05, 4.69) is 0 Å². The molecule has 1 fully saturated rings. The summed E-state index contributed by atoms with van der Waals surface area (Å²) >= 11 is 0.